The average Bonchev–Trinajstić information content (AvgIpc) is 2.38. The summed E-state index contributed by atoms with van der Waals surface area (Å²) in [4.78, 5) is 19.4. The summed E-state index contributed by atoms with van der Waals surface area (Å²) in [6.07, 6.45) is 0. The third kappa shape index (κ3) is 2.46. The highest BCUT2D eigenvalue weighted by Crippen LogP contribution is 2.25. The van der Waals surface area contributed by atoms with Crippen molar-refractivity contribution in [2.75, 3.05) is 44.2 Å². The first-order valence-electron chi connectivity index (χ1n) is 6.97. The van der Waals surface area contributed by atoms with Gasteiger partial charge in [0.25, 0.3) is 5.69 Å². The molecule has 0 saturated carbocycles. The summed E-state index contributed by atoms with van der Waals surface area (Å²) < 4.78 is 0. The Morgan fingerprint density at radius 3 is 2.65 bits per heavy atom. The molecule has 2 fully saturated rings. The second-order valence-corrected chi connectivity index (χ2v) is 5.38. The van der Waals surface area contributed by atoms with Gasteiger partial charge in [0.1, 0.15) is 11.5 Å². The number of aryl methyl sites for hydroxylation is 1. The van der Waals surface area contributed by atoms with Crippen LogP contribution in [0.1, 0.15) is 5.69 Å². The number of anilines is 1. The first kappa shape index (κ1) is 13.3. The van der Waals surface area contributed by atoms with E-state index in [-0.39, 0.29) is 10.6 Å². The van der Waals surface area contributed by atoms with Gasteiger partial charge in [-0.1, -0.05) is 0 Å². The third-order valence-electron chi connectivity index (χ3n) is 4.09. The zero-order valence-corrected chi connectivity index (χ0v) is 11.6. The summed E-state index contributed by atoms with van der Waals surface area (Å²) in [5.41, 5.74) is 0.575. The summed E-state index contributed by atoms with van der Waals surface area (Å²) in [7, 11) is 0. The zero-order chi connectivity index (χ0) is 14.1. The maximum Gasteiger partial charge on any atom is 0.290 e. The lowest BCUT2D eigenvalue weighted by molar-refractivity contribution is -0.385. The van der Waals surface area contributed by atoms with Crippen LogP contribution in [0.3, 0.4) is 0 Å². The first-order valence-corrected chi connectivity index (χ1v) is 6.97. The highest BCUT2D eigenvalue weighted by molar-refractivity contribution is 5.49. The first-order chi connectivity index (χ1) is 9.65. The highest BCUT2D eigenvalue weighted by Gasteiger charge is 2.33. The van der Waals surface area contributed by atoms with Crippen LogP contribution in [0.5, 0.6) is 0 Å². The molecule has 0 aliphatic carbocycles. The predicted molar refractivity (Wildman–Crippen MR) is 76.1 cm³/mol. The van der Waals surface area contributed by atoms with E-state index in [9.17, 15) is 10.1 Å². The van der Waals surface area contributed by atoms with Crippen LogP contribution in [0.4, 0.5) is 11.5 Å². The molecule has 0 amide bonds. The van der Waals surface area contributed by atoms with E-state index < -0.39 is 0 Å². The maximum absolute atomic E-state index is 10.8. The fourth-order valence-electron chi connectivity index (χ4n) is 2.83. The number of nitrogens with zero attached hydrogens (tertiary/aromatic N) is 4. The van der Waals surface area contributed by atoms with Crippen LogP contribution in [-0.2, 0) is 0 Å². The highest BCUT2D eigenvalue weighted by atomic mass is 16.6. The topological polar surface area (TPSA) is 74.5 Å². The van der Waals surface area contributed by atoms with Gasteiger partial charge < -0.3 is 10.2 Å². The molecule has 20 heavy (non-hydrogen) atoms. The average molecular weight is 277 g/mol. The number of hydrogen-bond donors (Lipinski definition) is 1. The standard InChI is InChI=1S/C13H19N5O2/c1-10-12(18(19)20)2-3-13(15-10)17-8-11(9-17)16-6-4-14-5-7-16/h2-3,11,14H,4-9H2,1H3. The van der Waals surface area contributed by atoms with Gasteiger partial charge in [-0.3, -0.25) is 15.0 Å². The van der Waals surface area contributed by atoms with Crippen LogP contribution >= 0.6 is 0 Å². The molecule has 2 saturated heterocycles. The Kier molecular flexibility index (Phi) is 3.54. The minimum atomic E-state index is -0.383. The number of piperazine rings is 1. The lowest BCUT2D eigenvalue weighted by Gasteiger charge is -2.47. The quantitative estimate of drug-likeness (QED) is 0.636. The van der Waals surface area contributed by atoms with E-state index in [0.717, 1.165) is 45.1 Å². The minimum Gasteiger partial charge on any atom is -0.353 e. The molecular weight excluding hydrogens is 258 g/mol. The SMILES string of the molecule is Cc1nc(N2CC(N3CCNCC3)C2)ccc1[N+](=O)[O-]. The molecule has 2 aliphatic rings. The minimum absolute atomic E-state index is 0.0907. The molecule has 0 bridgehead atoms. The van der Waals surface area contributed by atoms with Gasteiger partial charge in [0, 0.05) is 51.4 Å². The zero-order valence-electron chi connectivity index (χ0n) is 11.6. The monoisotopic (exact) mass is 277 g/mol. The summed E-state index contributed by atoms with van der Waals surface area (Å²) in [5, 5.41) is 14.1. The van der Waals surface area contributed by atoms with Crippen LogP contribution in [0.15, 0.2) is 12.1 Å². The lowest BCUT2D eigenvalue weighted by Crippen LogP contribution is -2.63. The Labute approximate surface area is 117 Å². The molecular formula is C13H19N5O2. The van der Waals surface area contributed by atoms with E-state index in [1.54, 1.807) is 19.1 Å². The fraction of sp³-hybridized carbons (Fsp3) is 0.615. The summed E-state index contributed by atoms with van der Waals surface area (Å²) in [6, 6.07) is 3.89. The molecule has 0 aromatic carbocycles. The van der Waals surface area contributed by atoms with Gasteiger partial charge >= 0.3 is 0 Å². The molecule has 0 unspecified atom stereocenters. The van der Waals surface area contributed by atoms with Crippen LogP contribution in [0.2, 0.25) is 0 Å². The Hall–Kier alpha value is -1.73. The molecule has 2 aliphatic heterocycles. The second-order valence-electron chi connectivity index (χ2n) is 5.38. The Bertz CT molecular complexity index is 509. The van der Waals surface area contributed by atoms with Crippen LogP contribution in [0, 0.1) is 17.0 Å². The van der Waals surface area contributed by atoms with Gasteiger partial charge in [-0.2, -0.15) is 0 Å². The Balaban J connectivity index is 1.62. The van der Waals surface area contributed by atoms with Crippen molar-refractivity contribution in [3.05, 3.63) is 27.9 Å². The van der Waals surface area contributed by atoms with Crippen molar-refractivity contribution >= 4 is 11.5 Å². The molecule has 0 atom stereocenters. The number of nitro groups is 1. The summed E-state index contributed by atoms with van der Waals surface area (Å²) in [5.74, 6) is 0.847. The van der Waals surface area contributed by atoms with E-state index in [1.807, 2.05) is 0 Å². The van der Waals surface area contributed by atoms with Crippen molar-refractivity contribution < 1.29 is 4.92 Å². The second kappa shape index (κ2) is 5.34. The van der Waals surface area contributed by atoms with Gasteiger partial charge in [0.05, 0.1) is 4.92 Å². The van der Waals surface area contributed by atoms with Crippen molar-refractivity contribution in [2.45, 2.75) is 13.0 Å². The summed E-state index contributed by atoms with van der Waals surface area (Å²) in [6.45, 7) is 7.94. The van der Waals surface area contributed by atoms with E-state index in [4.69, 9.17) is 0 Å². The molecule has 0 radical (unpaired) electrons. The molecule has 108 valence electrons. The lowest BCUT2D eigenvalue weighted by atomic mass is 10.1. The Morgan fingerprint density at radius 1 is 1.35 bits per heavy atom. The number of nitrogens with one attached hydrogen (secondary N) is 1. The molecule has 1 N–H and O–H groups in total. The number of rotatable bonds is 3. The Morgan fingerprint density at radius 2 is 2.05 bits per heavy atom. The van der Waals surface area contributed by atoms with Gasteiger partial charge in [-0.15, -0.1) is 0 Å². The molecule has 3 rings (SSSR count). The van der Waals surface area contributed by atoms with E-state index in [2.05, 4.69) is 20.1 Å². The van der Waals surface area contributed by atoms with Gasteiger partial charge in [-0.25, -0.2) is 4.98 Å². The van der Waals surface area contributed by atoms with E-state index in [1.165, 1.54) is 0 Å². The van der Waals surface area contributed by atoms with Crippen LogP contribution < -0.4 is 10.2 Å². The summed E-state index contributed by atoms with van der Waals surface area (Å²) >= 11 is 0. The largest absolute Gasteiger partial charge is 0.353 e. The van der Waals surface area contributed by atoms with Gasteiger partial charge in [0.15, 0.2) is 0 Å². The van der Waals surface area contributed by atoms with Crippen LogP contribution in [0.25, 0.3) is 0 Å². The van der Waals surface area contributed by atoms with Crippen molar-refractivity contribution in [1.82, 2.24) is 15.2 Å². The maximum atomic E-state index is 10.8. The molecule has 1 aromatic heterocycles. The van der Waals surface area contributed by atoms with Crippen molar-refractivity contribution in [3.63, 3.8) is 0 Å². The normalized spacial score (nSPS) is 20.8. The molecule has 1 aromatic rings. The van der Waals surface area contributed by atoms with Gasteiger partial charge in [-0.05, 0) is 13.0 Å². The van der Waals surface area contributed by atoms with Crippen molar-refractivity contribution in [2.24, 2.45) is 0 Å². The fourth-order valence-corrected chi connectivity index (χ4v) is 2.83. The van der Waals surface area contributed by atoms with Gasteiger partial charge in [0.2, 0.25) is 0 Å². The molecule has 7 nitrogen and oxygen atoms in total. The molecule has 0 spiro atoms. The van der Waals surface area contributed by atoms with Crippen molar-refractivity contribution in [3.8, 4) is 0 Å². The molecule has 3 heterocycles. The third-order valence-corrected chi connectivity index (χ3v) is 4.09. The number of pyridine rings is 1. The van der Waals surface area contributed by atoms with Crippen LogP contribution in [-0.4, -0.2) is 60.1 Å². The van der Waals surface area contributed by atoms with Crippen molar-refractivity contribution in [1.29, 1.82) is 0 Å². The molecule has 7 heteroatoms. The van der Waals surface area contributed by atoms with E-state index in [0.29, 0.717) is 11.7 Å². The van der Waals surface area contributed by atoms with E-state index >= 15 is 0 Å². The smallest absolute Gasteiger partial charge is 0.290 e. The predicted octanol–water partition coefficient (Wildman–Crippen LogP) is 0.392. The number of hydrogen-bond acceptors (Lipinski definition) is 6. The number of aromatic nitrogens is 1.